The Kier molecular flexibility index (Phi) is 6.43. The van der Waals surface area contributed by atoms with Crippen molar-refractivity contribution in [3.05, 3.63) is 23.8 Å². The van der Waals surface area contributed by atoms with Gasteiger partial charge in [-0.15, -0.1) is 0 Å². The zero-order valence-corrected chi connectivity index (χ0v) is 10.9. The van der Waals surface area contributed by atoms with E-state index in [1.54, 1.807) is 13.0 Å². The van der Waals surface area contributed by atoms with Crippen molar-refractivity contribution in [1.29, 1.82) is 0 Å². The highest BCUT2D eigenvalue weighted by Crippen LogP contribution is 2.22. The third-order valence-corrected chi connectivity index (χ3v) is 2.48. The van der Waals surface area contributed by atoms with Crippen LogP contribution in [0.3, 0.4) is 0 Å². The quantitative estimate of drug-likeness (QED) is 0.444. The molecule has 0 saturated heterocycles. The number of carbonyl (C=O) groups excluding carboxylic acids is 2. The van der Waals surface area contributed by atoms with Gasteiger partial charge in [-0.25, -0.2) is 0 Å². The maximum Gasteiger partial charge on any atom is 0.305 e. The van der Waals surface area contributed by atoms with Crippen LogP contribution in [0.4, 0.5) is 0 Å². The minimum atomic E-state index is -0.199. The summed E-state index contributed by atoms with van der Waals surface area (Å²) in [5, 5.41) is 9.45. The Labute approximate surface area is 112 Å². The summed E-state index contributed by atoms with van der Waals surface area (Å²) in [6.45, 7) is 2.62. The van der Waals surface area contributed by atoms with Crippen molar-refractivity contribution in [3.63, 3.8) is 0 Å². The van der Waals surface area contributed by atoms with Gasteiger partial charge in [0.15, 0.2) is 6.29 Å². The van der Waals surface area contributed by atoms with Crippen LogP contribution in [0.2, 0.25) is 0 Å². The molecular formula is C14H18O5. The number of rotatable bonds is 8. The average molecular weight is 266 g/mol. The predicted octanol–water partition coefficient (Wildman–Crippen LogP) is 2.32. The molecule has 0 radical (unpaired) electrons. The molecular weight excluding hydrogens is 248 g/mol. The molecule has 0 unspecified atom stereocenters. The zero-order valence-electron chi connectivity index (χ0n) is 10.9. The molecule has 0 fully saturated rings. The second-order valence-electron chi connectivity index (χ2n) is 3.95. The largest absolute Gasteiger partial charge is 0.507 e. The van der Waals surface area contributed by atoms with Gasteiger partial charge >= 0.3 is 5.97 Å². The molecule has 0 aliphatic rings. The fourth-order valence-corrected chi connectivity index (χ4v) is 1.51. The van der Waals surface area contributed by atoms with E-state index in [-0.39, 0.29) is 17.3 Å². The smallest absolute Gasteiger partial charge is 0.305 e. The maximum absolute atomic E-state index is 11.1. The fraction of sp³-hybridized carbons (Fsp3) is 0.429. The fourth-order valence-electron chi connectivity index (χ4n) is 1.51. The van der Waals surface area contributed by atoms with Crippen LogP contribution in [-0.4, -0.2) is 30.6 Å². The number of benzene rings is 1. The van der Waals surface area contributed by atoms with Gasteiger partial charge in [-0.05, 0) is 31.9 Å². The van der Waals surface area contributed by atoms with Crippen LogP contribution in [0, 0.1) is 0 Å². The third kappa shape index (κ3) is 5.42. The summed E-state index contributed by atoms with van der Waals surface area (Å²) in [4.78, 5) is 21.6. The zero-order chi connectivity index (χ0) is 14.1. The van der Waals surface area contributed by atoms with Crippen molar-refractivity contribution in [2.75, 3.05) is 13.2 Å². The van der Waals surface area contributed by atoms with E-state index in [0.29, 0.717) is 38.1 Å². The van der Waals surface area contributed by atoms with Crippen LogP contribution < -0.4 is 4.74 Å². The Morgan fingerprint density at radius 2 is 2.16 bits per heavy atom. The Bertz CT molecular complexity index is 428. The number of aldehydes is 1. The Balaban J connectivity index is 2.24. The summed E-state index contributed by atoms with van der Waals surface area (Å²) in [5.41, 5.74) is 0.231. The molecule has 1 aromatic rings. The van der Waals surface area contributed by atoms with E-state index in [4.69, 9.17) is 9.47 Å². The Hall–Kier alpha value is -2.04. The van der Waals surface area contributed by atoms with Crippen molar-refractivity contribution in [1.82, 2.24) is 0 Å². The van der Waals surface area contributed by atoms with E-state index >= 15 is 0 Å². The lowest BCUT2D eigenvalue weighted by atomic mass is 10.2. The molecule has 5 nitrogen and oxygen atoms in total. The van der Waals surface area contributed by atoms with Gasteiger partial charge in [-0.1, -0.05) is 0 Å². The lowest BCUT2D eigenvalue weighted by Gasteiger charge is -2.07. The number of hydrogen-bond acceptors (Lipinski definition) is 5. The molecule has 0 bridgehead atoms. The third-order valence-electron chi connectivity index (χ3n) is 2.48. The maximum atomic E-state index is 11.1. The molecule has 0 atom stereocenters. The van der Waals surface area contributed by atoms with E-state index in [1.807, 2.05) is 0 Å². The van der Waals surface area contributed by atoms with Crippen molar-refractivity contribution in [3.8, 4) is 11.5 Å². The topological polar surface area (TPSA) is 72.8 Å². The molecule has 0 heterocycles. The van der Waals surface area contributed by atoms with E-state index in [1.165, 1.54) is 12.1 Å². The lowest BCUT2D eigenvalue weighted by molar-refractivity contribution is -0.143. The summed E-state index contributed by atoms with van der Waals surface area (Å²) in [6.07, 6.45) is 2.37. The molecule has 0 amide bonds. The Morgan fingerprint density at radius 3 is 2.79 bits per heavy atom. The summed E-state index contributed by atoms with van der Waals surface area (Å²) in [6, 6.07) is 4.51. The number of aromatic hydroxyl groups is 1. The predicted molar refractivity (Wildman–Crippen MR) is 69.5 cm³/mol. The minimum absolute atomic E-state index is 0.0981. The normalized spacial score (nSPS) is 9.95. The molecule has 0 saturated carbocycles. The molecule has 0 aliphatic carbocycles. The van der Waals surface area contributed by atoms with Gasteiger partial charge < -0.3 is 14.6 Å². The van der Waals surface area contributed by atoms with Crippen LogP contribution in [0.1, 0.15) is 36.5 Å². The van der Waals surface area contributed by atoms with Gasteiger partial charge in [0.25, 0.3) is 0 Å². The first kappa shape index (κ1) is 15.0. The summed E-state index contributed by atoms with van der Waals surface area (Å²) >= 11 is 0. The van der Waals surface area contributed by atoms with Crippen molar-refractivity contribution < 1.29 is 24.2 Å². The van der Waals surface area contributed by atoms with Gasteiger partial charge in [0.1, 0.15) is 11.5 Å². The first-order chi connectivity index (χ1) is 9.17. The number of phenolic OH excluding ortho intramolecular Hbond substituents is 1. The second-order valence-corrected chi connectivity index (χ2v) is 3.95. The molecule has 0 spiro atoms. The van der Waals surface area contributed by atoms with Crippen LogP contribution in [-0.2, 0) is 9.53 Å². The van der Waals surface area contributed by atoms with Crippen LogP contribution in [0.15, 0.2) is 18.2 Å². The molecule has 1 aromatic carbocycles. The SMILES string of the molecule is CCOC(=O)CCCCOc1ccc(C=O)c(O)c1. The number of phenols is 1. The number of carbonyl (C=O) groups is 2. The van der Waals surface area contributed by atoms with Gasteiger partial charge in [0.2, 0.25) is 0 Å². The molecule has 1 N–H and O–H groups in total. The first-order valence-corrected chi connectivity index (χ1v) is 6.24. The highest BCUT2D eigenvalue weighted by Gasteiger charge is 2.03. The van der Waals surface area contributed by atoms with Crippen LogP contribution >= 0.6 is 0 Å². The summed E-state index contributed by atoms with van der Waals surface area (Å²) < 4.78 is 10.2. The van der Waals surface area contributed by atoms with E-state index < -0.39 is 0 Å². The molecule has 0 aliphatic heterocycles. The molecule has 104 valence electrons. The highest BCUT2D eigenvalue weighted by atomic mass is 16.5. The van der Waals surface area contributed by atoms with Crippen LogP contribution in [0.25, 0.3) is 0 Å². The van der Waals surface area contributed by atoms with Crippen molar-refractivity contribution in [2.45, 2.75) is 26.2 Å². The number of hydrogen-bond donors (Lipinski definition) is 1. The first-order valence-electron chi connectivity index (χ1n) is 6.24. The van der Waals surface area contributed by atoms with Gasteiger partial charge in [0, 0.05) is 12.5 Å². The van der Waals surface area contributed by atoms with E-state index in [2.05, 4.69) is 0 Å². The number of unbranched alkanes of at least 4 members (excludes halogenated alkanes) is 1. The number of esters is 1. The summed E-state index contributed by atoms with van der Waals surface area (Å²) in [7, 11) is 0. The van der Waals surface area contributed by atoms with E-state index in [9.17, 15) is 14.7 Å². The lowest BCUT2D eigenvalue weighted by Crippen LogP contribution is -2.05. The van der Waals surface area contributed by atoms with Gasteiger partial charge in [-0.2, -0.15) is 0 Å². The molecule has 1 rings (SSSR count). The van der Waals surface area contributed by atoms with Crippen molar-refractivity contribution >= 4 is 12.3 Å². The van der Waals surface area contributed by atoms with Crippen LogP contribution in [0.5, 0.6) is 11.5 Å². The molecule has 5 heteroatoms. The standard InChI is InChI=1S/C14H18O5/c1-2-18-14(17)5-3-4-8-19-12-7-6-11(10-15)13(16)9-12/h6-7,9-10,16H,2-5,8H2,1H3. The average Bonchev–Trinajstić information content (AvgIpc) is 2.39. The number of ether oxygens (including phenoxy) is 2. The Morgan fingerprint density at radius 1 is 1.37 bits per heavy atom. The molecule has 19 heavy (non-hydrogen) atoms. The van der Waals surface area contributed by atoms with Crippen molar-refractivity contribution in [2.24, 2.45) is 0 Å². The van der Waals surface area contributed by atoms with E-state index in [0.717, 1.165) is 6.42 Å². The van der Waals surface area contributed by atoms with Gasteiger partial charge in [-0.3, -0.25) is 9.59 Å². The minimum Gasteiger partial charge on any atom is -0.507 e. The van der Waals surface area contributed by atoms with Gasteiger partial charge in [0.05, 0.1) is 18.8 Å². The monoisotopic (exact) mass is 266 g/mol. The molecule has 0 aromatic heterocycles. The summed E-state index contributed by atoms with van der Waals surface area (Å²) in [5.74, 6) is 0.203. The second kappa shape index (κ2) is 8.13. The highest BCUT2D eigenvalue weighted by molar-refractivity contribution is 5.79.